The smallest absolute Gasteiger partial charge is 0.251 e. The van der Waals surface area contributed by atoms with Crippen molar-refractivity contribution in [2.24, 2.45) is 11.6 Å². The molecule has 0 aliphatic carbocycles. The average Bonchev–Trinajstić information content (AvgIpc) is 2.66. The van der Waals surface area contributed by atoms with Crippen LogP contribution < -0.4 is 26.9 Å². The number of ether oxygens (including phenoxy) is 1. The molecule has 6 N–H and O–H groups in total. The summed E-state index contributed by atoms with van der Waals surface area (Å²) < 4.78 is 6.03. The Balaban J connectivity index is 1.76. The van der Waals surface area contributed by atoms with E-state index in [4.69, 9.17) is 27.9 Å². The number of hydrogen-bond donors (Lipinski definition) is 4. The number of rotatable bonds is 6. The van der Waals surface area contributed by atoms with Gasteiger partial charge >= 0.3 is 0 Å². The van der Waals surface area contributed by atoms with Crippen molar-refractivity contribution in [2.75, 3.05) is 7.05 Å². The van der Waals surface area contributed by atoms with Crippen LogP contribution in [0.25, 0.3) is 5.70 Å². The second kappa shape index (κ2) is 9.63. The third-order valence-electron chi connectivity index (χ3n) is 5.48. The van der Waals surface area contributed by atoms with E-state index in [9.17, 15) is 4.79 Å². The Morgan fingerprint density at radius 2 is 1.79 bits per heavy atom. The fourth-order valence-electron chi connectivity index (χ4n) is 4.62. The number of nitrogens with two attached hydrogens (primary N) is 2. The van der Waals surface area contributed by atoms with Crippen molar-refractivity contribution in [1.29, 1.82) is 0 Å². The number of benzene rings is 2. The number of amides is 1. The Morgan fingerprint density at radius 1 is 1.15 bits per heavy atom. The average molecular weight is 472 g/mol. The molecule has 33 heavy (non-hydrogen) atoms. The Hall–Kier alpha value is -2.74. The van der Waals surface area contributed by atoms with Crippen molar-refractivity contribution < 1.29 is 9.53 Å². The lowest BCUT2D eigenvalue weighted by Crippen LogP contribution is -2.62. The molecule has 0 atom stereocenters. The van der Waals surface area contributed by atoms with E-state index in [0.717, 1.165) is 12.8 Å². The summed E-state index contributed by atoms with van der Waals surface area (Å²) >= 11 is 6.48. The first-order chi connectivity index (χ1) is 15.3. The van der Waals surface area contributed by atoms with Gasteiger partial charge in [0.15, 0.2) is 0 Å². The van der Waals surface area contributed by atoms with Crippen molar-refractivity contribution in [2.45, 2.75) is 57.7 Å². The van der Waals surface area contributed by atoms with Gasteiger partial charge in [-0.1, -0.05) is 23.7 Å². The molecule has 1 fully saturated rings. The van der Waals surface area contributed by atoms with Gasteiger partial charge in [-0.3, -0.25) is 4.79 Å². The van der Waals surface area contributed by atoms with E-state index < -0.39 is 0 Å². The number of nitrogens with zero attached hydrogens (tertiary/aromatic N) is 1. The van der Waals surface area contributed by atoms with Gasteiger partial charge < -0.3 is 26.1 Å². The summed E-state index contributed by atoms with van der Waals surface area (Å²) in [5.74, 6) is 6.48. The van der Waals surface area contributed by atoms with E-state index in [1.54, 1.807) is 37.5 Å². The predicted molar refractivity (Wildman–Crippen MR) is 134 cm³/mol. The number of hydrazine groups is 1. The normalized spacial score (nSPS) is 18.0. The maximum absolute atomic E-state index is 12.9. The van der Waals surface area contributed by atoms with Gasteiger partial charge in [0.25, 0.3) is 5.91 Å². The largest absolute Gasteiger partial charge is 0.455 e. The molecule has 1 heterocycles. The van der Waals surface area contributed by atoms with Gasteiger partial charge in [-0.25, -0.2) is 5.84 Å². The van der Waals surface area contributed by atoms with Crippen LogP contribution in [0.5, 0.6) is 11.5 Å². The first-order valence-corrected chi connectivity index (χ1v) is 11.3. The van der Waals surface area contributed by atoms with E-state index in [1.807, 2.05) is 18.2 Å². The van der Waals surface area contributed by atoms with Gasteiger partial charge in [0, 0.05) is 41.5 Å². The summed E-state index contributed by atoms with van der Waals surface area (Å²) in [5.41, 5.74) is 7.66. The van der Waals surface area contributed by atoms with Gasteiger partial charge in [0.05, 0.1) is 10.7 Å². The second-order valence-corrected chi connectivity index (χ2v) is 10.4. The molecule has 0 radical (unpaired) electrons. The topological polar surface area (TPSA) is 106 Å². The Morgan fingerprint density at radius 3 is 2.39 bits per heavy atom. The maximum atomic E-state index is 12.9. The minimum atomic E-state index is -0.152. The number of nitrogens with one attached hydrogen (secondary N) is 2. The maximum Gasteiger partial charge on any atom is 0.251 e. The van der Waals surface area contributed by atoms with Crippen LogP contribution in [-0.4, -0.2) is 35.1 Å². The lowest BCUT2D eigenvalue weighted by Gasteiger charge is -2.46. The summed E-state index contributed by atoms with van der Waals surface area (Å²) in [6, 6.07) is 12.4. The van der Waals surface area contributed by atoms with Crippen LogP contribution in [0.1, 0.15) is 56.5 Å². The molecule has 0 unspecified atom stereocenters. The van der Waals surface area contributed by atoms with Gasteiger partial charge in [-0.2, -0.15) is 0 Å². The molecule has 0 spiro atoms. The minimum Gasteiger partial charge on any atom is -0.455 e. The highest BCUT2D eigenvalue weighted by Gasteiger charge is 2.38. The van der Waals surface area contributed by atoms with Crippen molar-refractivity contribution in [3.05, 3.63) is 64.8 Å². The lowest BCUT2D eigenvalue weighted by atomic mass is 9.79. The molecule has 3 rings (SSSR count). The summed E-state index contributed by atoms with van der Waals surface area (Å²) in [6.07, 6.45) is 3.29. The lowest BCUT2D eigenvalue weighted by molar-refractivity contribution is 0.0873. The molecular formula is C25H34ClN5O2. The number of halogens is 1. The summed E-state index contributed by atoms with van der Waals surface area (Å²) in [4.78, 5) is 12.9. The van der Waals surface area contributed by atoms with Crippen molar-refractivity contribution in [3.8, 4) is 11.5 Å². The standard InChI is InChI=1S/C25H34ClN5O2/c1-24(2)13-17(14-25(3,4)30-24)29-23(32)16-10-11-22(19(26)12-16)33-21-9-7-6-8-18(21)20(27)15-31(5)28/h6-12,15,17,30H,13-14,27-28H2,1-5H3,(H,29,32)/b20-15-. The zero-order valence-electron chi connectivity index (χ0n) is 19.9. The Labute approximate surface area is 201 Å². The highest BCUT2D eigenvalue weighted by molar-refractivity contribution is 6.32. The van der Waals surface area contributed by atoms with Crippen LogP contribution in [0.3, 0.4) is 0 Å². The van der Waals surface area contributed by atoms with Crippen LogP contribution in [0, 0.1) is 0 Å². The van der Waals surface area contributed by atoms with E-state index in [0.29, 0.717) is 33.3 Å². The fraction of sp³-hybridized carbons (Fsp3) is 0.400. The highest BCUT2D eigenvalue weighted by Crippen LogP contribution is 2.34. The Bertz CT molecular complexity index is 1030. The predicted octanol–water partition coefficient (Wildman–Crippen LogP) is 4.23. The first kappa shape index (κ1) is 24.9. The van der Waals surface area contributed by atoms with Gasteiger partial charge in [-0.05, 0) is 70.9 Å². The number of hydrogen-bond acceptors (Lipinski definition) is 6. The molecule has 178 valence electrons. The molecule has 1 amide bonds. The van der Waals surface area contributed by atoms with E-state index in [-0.39, 0.29) is 23.0 Å². The molecule has 1 aliphatic rings. The molecule has 8 heteroatoms. The third kappa shape index (κ3) is 6.63. The summed E-state index contributed by atoms with van der Waals surface area (Å²) in [7, 11) is 1.68. The molecule has 0 bridgehead atoms. The van der Waals surface area contributed by atoms with E-state index >= 15 is 0 Å². The minimum absolute atomic E-state index is 0.0581. The molecular weight excluding hydrogens is 438 g/mol. The molecule has 7 nitrogen and oxygen atoms in total. The Kier molecular flexibility index (Phi) is 7.26. The highest BCUT2D eigenvalue weighted by atomic mass is 35.5. The number of para-hydroxylation sites is 1. The second-order valence-electron chi connectivity index (χ2n) is 9.96. The SMILES string of the molecule is CN(N)/C=C(\N)c1ccccc1Oc1ccc(C(=O)NC2CC(C)(C)NC(C)(C)C2)cc1Cl. The van der Waals surface area contributed by atoms with Gasteiger partial charge in [-0.15, -0.1) is 0 Å². The summed E-state index contributed by atoms with van der Waals surface area (Å²) in [5, 5.41) is 8.50. The zero-order valence-corrected chi connectivity index (χ0v) is 20.7. The number of carbonyl (C=O) groups excluding carboxylic acids is 1. The molecule has 2 aromatic rings. The van der Waals surface area contributed by atoms with Gasteiger partial charge in [0.1, 0.15) is 11.5 Å². The molecule has 2 aromatic carbocycles. The van der Waals surface area contributed by atoms with Crippen LogP contribution in [-0.2, 0) is 0 Å². The zero-order chi connectivity index (χ0) is 24.4. The molecule has 1 saturated heterocycles. The van der Waals surface area contributed by atoms with E-state index in [1.165, 1.54) is 5.01 Å². The van der Waals surface area contributed by atoms with Crippen molar-refractivity contribution in [3.63, 3.8) is 0 Å². The van der Waals surface area contributed by atoms with Crippen molar-refractivity contribution in [1.82, 2.24) is 15.6 Å². The fourth-order valence-corrected chi connectivity index (χ4v) is 4.84. The van der Waals surface area contributed by atoms with Crippen LogP contribution in [0.15, 0.2) is 48.7 Å². The quantitative estimate of drug-likeness (QED) is 0.371. The summed E-state index contributed by atoms with van der Waals surface area (Å²) in [6.45, 7) is 8.62. The van der Waals surface area contributed by atoms with Crippen LogP contribution in [0.2, 0.25) is 5.02 Å². The third-order valence-corrected chi connectivity index (χ3v) is 5.78. The first-order valence-electron chi connectivity index (χ1n) is 11.0. The number of carbonyl (C=O) groups is 1. The molecule has 0 saturated carbocycles. The van der Waals surface area contributed by atoms with Crippen LogP contribution in [0.4, 0.5) is 0 Å². The van der Waals surface area contributed by atoms with Crippen molar-refractivity contribution >= 4 is 23.2 Å². The van der Waals surface area contributed by atoms with E-state index in [2.05, 4.69) is 38.3 Å². The number of piperidine rings is 1. The molecule has 0 aromatic heterocycles. The van der Waals surface area contributed by atoms with Gasteiger partial charge in [0.2, 0.25) is 0 Å². The van der Waals surface area contributed by atoms with Crippen LogP contribution >= 0.6 is 11.6 Å². The monoisotopic (exact) mass is 471 g/mol. The molecule has 1 aliphatic heterocycles.